The number of nitrogens with one attached hydrogen (secondary N) is 3. The molecule has 0 amide bonds. The van der Waals surface area contributed by atoms with Gasteiger partial charge in [-0.15, -0.1) is 4.68 Å². The van der Waals surface area contributed by atoms with Crippen LogP contribution in [0.25, 0.3) is 21.9 Å². The van der Waals surface area contributed by atoms with Crippen molar-refractivity contribution < 1.29 is 14.0 Å². The monoisotopic (exact) mass is 450 g/mol. The lowest BCUT2D eigenvalue weighted by atomic mass is 10.1. The molecule has 1 aliphatic heterocycles. The number of aromatic amines is 2. The number of fused-ring (bicyclic) bond motifs is 3. The van der Waals surface area contributed by atoms with Gasteiger partial charge >= 0.3 is 11.2 Å². The summed E-state index contributed by atoms with van der Waals surface area (Å²) in [6.07, 6.45) is 5.23. The first-order valence-corrected chi connectivity index (χ1v) is 11.0. The molecule has 0 saturated carbocycles. The number of halogens is 1. The highest BCUT2D eigenvalue weighted by atomic mass is 19.1. The molecule has 3 N–H and O–H groups in total. The fourth-order valence-electron chi connectivity index (χ4n) is 4.56. The van der Waals surface area contributed by atoms with Crippen LogP contribution in [0, 0.1) is 5.82 Å². The third-order valence-electron chi connectivity index (χ3n) is 6.22. The fraction of sp³-hybridized carbons (Fsp3) is 0.292. The molecule has 1 aliphatic rings. The average molecular weight is 450 g/mol. The van der Waals surface area contributed by atoms with Crippen LogP contribution in [0.5, 0.6) is 5.75 Å². The molecule has 2 aromatic heterocycles. The lowest BCUT2D eigenvalue weighted by Gasteiger charge is -2.24. The fourth-order valence-corrected chi connectivity index (χ4v) is 4.56. The minimum absolute atomic E-state index is 0.163. The van der Waals surface area contributed by atoms with Crippen LogP contribution >= 0.6 is 0 Å². The van der Waals surface area contributed by atoms with Crippen molar-refractivity contribution in [2.75, 3.05) is 20.2 Å². The second-order valence-electron chi connectivity index (χ2n) is 8.42. The van der Waals surface area contributed by atoms with Gasteiger partial charge in [-0.3, -0.25) is 4.79 Å². The Hall–Kier alpha value is -3.72. The highest BCUT2D eigenvalue weighted by Crippen LogP contribution is 2.22. The normalized spacial score (nSPS) is 15.1. The van der Waals surface area contributed by atoms with E-state index in [0.29, 0.717) is 10.9 Å². The van der Waals surface area contributed by atoms with Gasteiger partial charge in [0.05, 0.1) is 31.9 Å². The Balaban J connectivity index is 1.50. The zero-order valence-electron chi connectivity index (χ0n) is 18.3. The van der Waals surface area contributed by atoms with Crippen LogP contribution in [-0.4, -0.2) is 41.1 Å². The summed E-state index contributed by atoms with van der Waals surface area (Å²) in [4.78, 5) is 32.6. The van der Waals surface area contributed by atoms with Crippen LogP contribution in [-0.2, 0) is 6.54 Å². The highest BCUT2D eigenvalue weighted by molar-refractivity contribution is 6.04. The maximum absolute atomic E-state index is 13.6. The number of nitrogens with zero attached hydrogens (tertiary/aromatic N) is 2. The molecule has 9 heteroatoms. The standard InChI is InChI=1S/C24H24FN5O3/c1-33-20-8-5-15(11-16(20)14-29-9-3-2-4-10-29)13-26-30-23(31)22-21(28-24(30)32)18-12-17(25)6-7-19(18)27-22/h5-8,11-13,27H,2-4,9-10,14H2,1H3,(H,28,32)/p+1/b26-13-. The van der Waals surface area contributed by atoms with Crippen molar-refractivity contribution in [1.82, 2.24) is 14.6 Å². The maximum atomic E-state index is 13.6. The van der Waals surface area contributed by atoms with Crippen molar-refractivity contribution in [3.63, 3.8) is 0 Å². The number of hydrogen-bond acceptors (Lipinski definition) is 4. The molecule has 0 radical (unpaired) electrons. The van der Waals surface area contributed by atoms with Gasteiger partial charge in [-0.05, 0) is 61.2 Å². The van der Waals surface area contributed by atoms with Crippen LogP contribution < -0.4 is 20.9 Å². The molecule has 5 rings (SSSR count). The quantitative estimate of drug-likeness (QED) is 0.405. The maximum Gasteiger partial charge on any atom is 0.350 e. The van der Waals surface area contributed by atoms with Crippen molar-refractivity contribution in [2.45, 2.75) is 25.8 Å². The Morgan fingerprint density at radius 1 is 1.09 bits per heavy atom. The Morgan fingerprint density at radius 3 is 2.70 bits per heavy atom. The molecular weight excluding hydrogens is 425 g/mol. The summed E-state index contributed by atoms with van der Waals surface area (Å²) in [6.45, 7) is 3.13. The Labute approximate surface area is 188 Å². The summed E-state index contributed by atoms with van der Waals surface area (Å²) in [7, 11) is 1.65. The Morgan fingerprint density at radius 2 is 1.91 bits per heavy atom. The minimum atomic E-state index is -0.694. The van der Waals surface area contributed by atoms with E-state index in [2.05, 4.69) is 15.1 Å². The van der Waals surface area contributed by atoms with Gasteiger partial charge in [0.1, 0.15) is 23.6 Å². The molecule has 0 bridgehead atoms. The van der Waals surface area contributed by atoms with E-state index in [4.69, 9.17) is 4.74 Å². The smallest absolute Gasteiger partial charge is 0.350 e. The summed E-state index contributed by atoms with van der Waals surface area (Å²) >= 11 is 0. The lowest BCUT2D eigenvalue weighted by molar-refractivity contribution is -0.918. The molecule has 8 nitrogen and oxygen atoms in total. The highest BCUT2D eigenvalue weighted by Gasteiger charge is 2.17. The predicted molar refractivity (Wildman–Crippen MR) is 125 cm³/mol. The number of aromatic nitrogens is 3. The van der Waals surface area contributed by atoms with E-state index in [0.717, 1.165) is 41.2 Å². The zero-order chi connectivity index (χ0) is 22.9. The van der Waals surface area contributed by atoms with Crippen LogP contribution in [0.4, 0.5) is 4.39 Å². The number of ether oxygens (including phenoxy) is 1. The summed E-state index contributed by atoms with van der Waals surface area (Å²) in [5.74, 6) is 0.361. The van der Waals surface area contributed by atoms with Crippen molar-refractivity contribution in [3.05, 3.63) is 74.2 Å². The number of piperidine rings is 1. The number of hydrogen-bond donors (Lipinski definition) is 3. The van der Waals surface area contributed by atoms with Gasteiger partial charge < -0.3 is 19.6 Å². The third kappa shape index (κ3) is 4.07. The molecule has 0 spiro atoms. The predicted octanol–water partition coefficient (Wildman–Crippen LogP) is 1.77. The number of H-pyrrole nitrogens is 2. The zero-order valence-corrected chi connectivity index (χ0v) is 18.3. The van der Waals surface area contributed by atoms with Crippen LogP contribution in [0.15, 0.2) is 51.1 Å². The summed E-state index contributed by atoms with van der Waals surface area (Å²) in [5.41, 5.74) is 1.51. The number of quaternary nitrogens is 1. The second-order valence-corrected chi connectivity index (χ2v) is 8.42. The number of methoxy groups -OCH3 is 1. The Bertz CT molecular complexity index is 1480. The molecule has 0 unspecified atom stereocenters. The lowest BCUT2D eigenvalue weighted by Crippen LogP contribution is -3.11. The molecule has 4 aromatic rings. The molecule has 1 saturated heterocycles. The van der Waals surface area contributed by atoms with E-state index in [1.165, 1.54) is 48.6 Å². The first-order valence-electron chi connectivity index (χ1n) is 11.0. The van der Waals surface area contributed by atoms with E-state index in [1.807, 2.05) is 18.2 Å². The third-order valence-corrected chi connectivity index (χ3v) is 6.22. The van der Waals surface area contributed by atoms with Gasteiger partial charge in [-0.1, -0.05) is 0 Å². The minimum Gasteiger partial charge on any atom is -0.496 e. The van der Waals surface area contributed by atoms with Gasteiger partial charge in [0, 0.05) is 16.5 Å². The molecule has 2 aromatic carbocycles. The van der Waals surface area contributed by atoms with E-state index >= 15 is 0 Å². The van der Waals surface area contributed by atoms with Crippen molar-refractivity contribution in [2.24, 2.45) is 5.10 Å². The van der Waals surface area contributed by atoms with Crippen LogP contribution in [0.1, 0.15) is 30.4 Å². The van der Waals surface area contributed by atoms with Gasteiger partial charge in [0.25, 0.3) is 0 Å². The summed E-state index contributed by atoms with van der Waals surface area (Å²) in [6, 6.07) is 9.79. The molecule has 170 valence electrons. The molecule has 33 heavy (non-hydrogen) atoms. The Kier molecular flexibility index (Phi) is 5.55. The molecular formula is C24H25FN5O3+. The summed E-state index contributed by atoms with van der Waals surface area (Å²) in [5, 5.41) is 4.59. The van der Waals surface area contributed by atoms with Crippen molar-refractivity contribution in [3.8, 4) is 5.75 Å². The number of likely N-dealkylation sites (tertiary alicyclic amines) is 1. The van der Waals surface area contributed by atoms with Gasteiger partial charge in [0.2, 0.25) is 0 Å². The van der Waals surface area contributed by atoms with Gasteiger partial charge in [-0.25, -0.2) is 9.18 Å². The number of benzene rings is 2. The SMILES string of the molecule is COc1ccc(/C=N\n2c(=O)[nH]c3c([nH]c4ccc(F)cc43)c2=O)cc1C[NH+]1CCCCC1. The van der Waals surface area contributed by atoms with E-state index in [1.54, 1.807) is 7.11 Å². The summed E-state index contributed by atoms with van der Waals surface area (Å²) < 4.78 is 19.9. The first-order chi connectivity index (χ1) is 16.0. The molecule has 0 aliphatic carbocycles. The molecule has 3 heterocycles. The number of rotatable bonds is 5. The molecule has 0 atom stereocenters. The van der Waals surface area contributed by atoms with E-state index < -0.39 is 17.1 Å². The first kappa shape index (κ1) is 21.1. The van der Waals surface area contributed by atoms with E-state index in [9.17, 15) is 14.0 Å². The average Bonchev–Trinajstić information content (AvgIpc) is 3.17. The van der Waals surface area contributed by atoms with E-state index in [-0.39, 0.29) is 11.0 Å². The molecule has 1 fully saturated rings. The van der Waals surface area contributed by atoms with Crippen molar-refractivity contribution in [1.29, 1.82) is 0 Å². The van der Waals surface area contributed by atoms with Gasteiger partial charge in [-0.2, -0.15) is 5.10 Å². The topological polar surface area (TPSA) is 96.7 Å². The van der Waals surface area contributed by atoms with Crippen molar-refractivity contribution >= 4 is 28.2 Å². The second kappa shape index (κ2) is 8.67. The largest absolute Gasteiger partial charge is 0.496 e. The van der Waals surface area contributed by atoms with Crippen LogP contribution in [0.3, 0.4) is 0 Å². The van der Waals surface area contributed by atoms with Crippen LogP contribution in [0.2, 0.25) is 0 Å². The van der Waals surface area contributed by atoms with Gasteiger partial charge in [0.15, 0.2) is 0 Å².